The molecule has 0 spiro atoms. The molecule has 0 amide bonds. The molecule has 1 aliphatic rings. The molecular formula is C9H13ClN2. The fourth-order valence-corrected chi connectivity index (χ4v) is 2.09. The van der Waals surface area contributed by atoms with Crippen molar-refractivity contribution in [2.45, 2.75) is 38.1 Å². The lowest BCUT2D eigenvalue weighted by Crippen LogP contribution is -2.15. The van der Waals surface area contributed by atoms with Gasteiger partial charge in [0.25, 0.3) is 0 Å². The molecule has 0 aliphatic heterocycles. The Balaban J connectivity index is 2.32. The van der Waals surface area contributed by atoms with Gasteiger partial charge in [-0.2, -0.15) is 5.10 Å². The first-order valence-electron chi connectivity index (χ1n) is 4.49. The Hall–Kier alpha value is -0.500. The summed E-state index contributed by atoms with van der Waals surface area (Å²) in [5.74, 6) is 0. The summed E-state index contributed by atoms with van der Waals surface area (Å²) in [7, 11) is 0. The first-order chi connectivity index (χ1) is 5.81. The number of hydrogen-bond acceptors (Lipinski definition) is 1. The number of aromatic nitrogens is 2. The molecule has 0 fully saturated rings. The van der Waals surface area contributed by atoms with Gasteiger partial charge in [-0.05, 0) is 31.7 Å². The Bertz CT molecular complexity index is 280. The average molecular weight is 185 g/mol. The third-order valence-corrected chi connectivity index (χ3v) is 2.84. The van der Waals surface area contributed by atoms with E-state index in [2.05, 4.69) is 16.7 Å². The molecule has 0 saturated heterocycles. The van der Waals surface area contributed by atoms with E-state index < -0.39 is 0 Å². The second-order valence-corrected chi connectivity index (χ2v) is 3.89. The van der Waals surface area contributed by atoms with E-state index in [1.54, 1.807) is 0 Å². The van der Waals surface area contributed by atoms with Gasteiger partial charge in [0.05, 0.1) is 6.20 Å². The maximum absolute atomic E-state index is 6.06. The van der Waals surface area contributed by atoms with E-state index in [1.807, 2.05) is 6.20 Å². The second-order valence-electron chi connectivity index (χ2n) is 3.27. The minimum absolute atomic E-state index is 0.326. The lowest BCUT2D eigenvalue weighted by molar-refractivity contribution is 0.584. The van der Waals surface area contributed by atoms with Gasteiger partial charge >= 0.3 is 0 Å². The second kappa shape index (κ2) is 3.09. The predicted octanol–water partition coefficient (Wildman–Crippen LogP) is 2.00. The first kappa shape index (κ1) is 8.11. The van der Waals surface area contributed by atoms with Gasteiger partial charge in [-0.3, -0.25) is 4.68 Å². The summed E-state index contributed by atoms with van der Waals surface area (Å²) in [5.41, 5.74) is 2.75. The van der Waals surface area contributed by atoms with Gasteiger partial charge in [0.2, 0.25) is 0 Å². The number of alkyl halides is 1. The van der Waals surface area contributed by atoms with Crippen molar-refractivity contribution in [2.24, 2.45) is 0 Å². The zero-order valence-electron chi connectivity index (χ0n) is 7.26. The summed E-state index contributed by atoms with van der Waals surface area (Å²) in [6, 6.07) is 0. The lowest BCUT2D eigenvalue weighted by atomic mass is 9.98. The fraction of sp³-hybridized carbons (Fsp3) is 0.667. The molecule has 3 heteroatoms. The third kappa shape index (κ3) is 1.24. The first-order valence-corrected chi connectivity index (χ1v) is 4.92. The zero-order valence-corrected chi connectivity index (χ0v) is 8.01. The van der Waals surface area contributed by atoms with Crippen molar-refractivity contribution in [2.75, 3.05) is 0 Å². The van der Waals surface area contributed by atoms with Crippen molar-refractivity contribution in [3.63, 3.8) is 0 Å². The Morgan fingerprint density at radius 3 is 3.33 bits per heavy atom. The van der Waals surface area contributed by atoms with Gasteiger partial charge in [-0.25, -0.2) is 0 Å². The number of nitrogens with zero attached hydrogens (tertiary/aromatic N) is 2. The zero-order chi connectivity index (χ0) is 8.55. The Morgan fingerprint density at radius 2 is 2.58 bits per heavy atom. The highest BCUT2D eigenvalue weighted by Gasteiger charge is 2.19. The Morgan fingerprint density at radius 1 is 1.75 bits per heavy atom. The van der Waals surface area contributed by atoms with Crippen LogP contribution >= 0.6 is 11.6 Å². The summed E-state index contributed by atoms with van der Waals surface area (Å²) in [6.45, 7) is 3.10. The molecule has 0 unspecified atom stereocenters. The molecule has 0 saturated carbocycles. The predicted molar refractivity (Wildman–Crippen MR) is 49.6 cm³/mol. The SMILES string of the molecule is CCn1ncc2c1CC[C@H](Cl)C2. The maximum atomic E-state index is 6.06. The van der Waals surface area contributed by atoms with Crippen LogP contribution in [-0.4, -0.2) is 15.2 Å². The van der Waals surface area contributed by atoms with E-state index in [-0.39, 0.29) is 0 Å². The third-order valence-electron chi connectivity index (χ3n) is 2.47. The lowest BCUT2D eigenvalue weighted by Gasteiger charge is -2.17. The van der Waals surface area contributed by atoms with Crippen molar-refractivity contribution in [3.8, 4) is 0 Å². The molecular weight excluding hydrogens is 172 g/mol. The van der Waals surface area contributed by atoms with Crippen LogP contribution in [-0.2, 0) is 19.4 Å². The van der Waals surface area contributed by atoms with Gasteiger partial charge in [0.1, 0.15) is 0 Å². The quantitative estimate of drug-likeness (QED) is 0.611. The average Bonchev–Trinajstić information content (AvgIpc) is 2.46. The number of rotatable bonds is 1. The molecule has 0 aromatic carbocycles. The Kier molecular flexibility index (Phi) is 2.09. The van der Waals surface area contributed by atoms with Crippen LogP contribution in [0.1, 0.15) is 24.6 Å². The summed E-state index contributed by atoms with van der Waals surface area (Å²) >= 11 is 6.06. The molecule has 2 nitrogen and oxygen atoms in total. The maximum Gasteiger partial charge on any atom is 0.0525 e. The van der Waals surface area contributed by atoms with E-state index in [4.69, 9.17) is 11.6 Å². The summed E-state index contributed by atoms with van der Waals surface area (Å²) in [5, 5.41) is 4.63. The standard InChI is InChI=1S/C9H13ClN2/c1-2-12-9-4-3-8(10)5-7(9)6-11-12/h6,8H,2-5H2,1H3/t8-/m0/s1. The van der Waals surface area contributed by atoms with Crippen LogP contribution < -0.4 is 0 Å². The smallest absolute Gasteiger partial charge is 0.0525 e. The number of aryl methyl sites for hydroxylation is 1. The van der Waals surface area contributed by atoms with E-state index in [1.165, 1.54) is 11.3 Å². The molecule has 1 aromatic rings. The fourth-order valence-electron chi connectivity index (χ4n) is 1.82. The van der Waals surface area contributed by atoms with Crippen LogP contribution in [0.5, 0.6) is 0 Å². The van der Waals surface area contributed by atoms with Crippen LogP contribution in [0, 0.1) is 0 Å². The molecule has 12 heavy (non-hydrogen) atoms. The topological polar surface area (TPSA) is 17.8 Å². The van der Waals surface area contributed by atoms with Crippen molar-refractivity contribution >= 4 is 11.6 Å². The van der Waals surface area contributed by atoms with E-state index >= 15 is 0 Å². The molecule has 0 radical (unpaired) electrons. The highest BCUT2D eigenvalue weighted by atomic mass is 35.5. The summed E-state index contributed by atoms with van der Waals surface area (Å²) < 4.78 is 2.08. The van der Waals surface area contributed by atoms with Crippen molar-refractivity contribution in [1.82, 2.24) is 9.78 Å². The van der Waals surface area contributed by atoms with Crippen molar-refractivity contribution in [1.29, 1.82) is 0 Å². The molecule has 1 heterocycles. The van der Waals surface area contributed by atoms with E-state index in [0.717, 1.165) is 25.8 Å². The number of hydrogen-bond donors (Lipinski definition) is 0. The number of fused-ring (bicyclic) bond motifs is 1. The monoisotopic (exact) mass is 184 g/mol. The molecule has 2 rings (SSSR count). The highest BCUT2D eigenvalue weighted by Crippen LogP contribution is 2.24. The molecule has 0 N–H and O–H groups in total. The van der Waals surface area contributed by atoms with E-state index in [9.17, 15) is 0 Å². The van der Waals surface area contributed by atoms with Crippen molar-refractivity contribution < 1.29 is 0 Å². The summed E-state index contributed by atoms with van der Waals surface area (Å²) in [4.78, 5) is 0. The van der Waals surface area contributed by atoms with Gasteiger partial charge in [0.15, 0.2) is 0 Å². The summed E-state index contributed by atoms with van der Waals surface area (Å²) in [6.07, 6.45) is 5.15. The van der Waals surface area contributed by atoms with Crippen LogP contribution in [0.15, 0.2) is 6.20 Å². The van der Waals surface area contributed by atoms with Gasteiger partial charge in [0, 0.05) is 17.6 Å². The normalized spacial score (nSPS) is 22.3. The minimum Gasteiger partial charge on any atom is -0.270 e. The van der Waals surface area contributed by atoms with Crippen LogP contribution in [0.4, 0.5) is 0 Å². The Labute approximate surface area is 77.5 Å². The van der Waals surface area contributed by atoms with Gasteiger partial charge in [-0.1, -0.05) is 0 Å². The van der Waals surface area contributed by atoms with Crippen LogP contribution in [0.25, 0.3) is 0 Å². The van der Waals surface area contributed by atoms with Gasteiger partial charge in [-0.15, -0.1) is 11.6 Å². The minimum atomic E-state index is 0.326. The van der Waals surface area contributed by atoms with E-state index in [0.29, 0.717) is 5.38 Å². The van der Waals surface area contributed by atoms with Crippen LogP contribution in [0.3, 0.4) is 0 Å². The van der Waals surface area contributed by atoms with Gasteiger partial charge < -0.3 is 0 Å². The van der Waals surface area contributed by atoms with Crippen LogP contribution in [0.2, 0.25) is 0 Å². The molecule has 66 valence electrons. The van der Waals surface area contributed by atoms with Crippen molar-refractivity contribution in [3.05, 3.63) is 17.5 Å². The molecule has 1 atom stereocenters. The number of halogens is 1. The molecule has 1 aromatic heterocycles. The molecule has 1 aliphatic carbocycles. The highest BCUT2D eigenvalue weighted by molar-refractivity contribution is 6.20. The largest absolute Gasteiger partial charge is 0.270 e. The molecule has 0 bridgehead atoms.